The maximum absolute atomic E-state index is 13.5. The number of halogens is 1. The Morgan fingerprint density at radius 3 is 2.59 bits per heavy atom. The maximum atomic E-state index is 13.5. The third kappa shape index (κ3) is 4.98. The SMILES string of the molecule is Cc1cc(CCC(=O)c2nc3n(c(=O)c2O)CCNCC3N(C)C(=O)C(=O)N(C)C)ccc1F. The fraction of sp³-hybridized carbons (Fsp3) is 0.435. The highest BCUT2D eigenvalue weighted by atomic mass is 19.1. The molecule has 1 atom stereocenters. The van der Waals surface area contributed by atoms with Crippen LogP contribution in [0.5, 0.6) is 5.75 Å². The summed E-state index contributed by atoms with van der Waals surface area (Å²) in [6, 6.07) is 3.70. The first-order valence-corrected chi connectivity index (χ1v) is 10.8. The van der Waals surface area contributed by atoms with E-state index in [0.29, 0.717) is 12.1 Å². The minimum Gasteiger partial charge on any atom is -0.501 e. The molecule has 0 fully saturated rings. The summed E-state index contributed by atoms with van der Waals surface area (Å²) >= 11 is 0. The molecule has 0 bridgehead atoms. The summed E-state index contributed by atoms with van der Waals surface area (Å²) in [5, 5.41) is 13.5. The molecule has 0 spiro atoms. The monoisotopic (exact) mass is 473 g/mol. The van der Waals surface area contributed by atoms with Crippen molar-refractivity contribution in [2.45, 2.75) is 32.4 Å². The van der Waals surface area contributed by atoms with E-state index in [1.54, 1.807) is 19.1 Å². The van der Waals surface area contributed by atoms with Crippen LogP contribution in [0, 0.1) is 12.7 Å². The number of aromatic nitrogens is 2. The lowest BCUT2D eigenvalue weighted by atomic mass is 10.0. The number of benzene rings is 1. The van der Waals surface area contributed by atoms with Crippen LogP contribution in [0.3, 0.4) is 0 Å². The highest BCUT2D eigenvalue weighted by Gasteiger charge is 2.33. The average Bonchev–Trinajstić information content (AvgIpc) is 3.02. The number of carbonyl (C=O) groups is 3. The Kier molecular flexibility index (Phi) is 7.45. The van der Waals surface area contributed by atoms with E-state index in [2.05, 4.69) is 10.3 Å². The van der Waals surface area contributed by atoms with Crippen molar-refractivity contribution in [2.75, 3.05) is 34.2 Å². The van der Waals surface area contributed by atoms with Gasteiger partial charge in [-0.1, -0.05) is 12.1 Å². The molecule has 0 saturated heterocycles. The Hall–Kier alpha value is -3.60. The largest absolute Gasteiger partial charge is 0.501 e. The lowest BCUT2D eigenvalue weighted by Gasteiger charge is -2.28. The molecule has 11 heteroatoms. The smallest absolute Gasteiger partial charge is 0.312 e. The van der Waals surface area contributed by atoms with Gasteiger partial charge >= 0.3 is 11.8 Å². The van der Waals surface area contributed by atoms with E-state index in [-0.39, 0.29) is 43.3 Å². The molecule has 182 valence electrons. The summed E-state index contributed by atoms with van der Waals surface area (Å²) in [5.74, 6) is -3.11. The zero-order valence-electron chi connectivity index (χ0n) is 19.6. The Labute approximate surface area is 196 Å². The molecule has 2 aromatic rings. The van der Waals surface area contributed by atoms with Crippen molar-refractivity contribution >= 4 is 17.6 Å². The summed E-state index contributed by atoms with van der Waals surface area (Å²) in [7, 11) is 4.32. The van der Waals surface area contributed by atoms with Gasteiger partial charge in [0.15, 0.2) is 11.5 Å². The molecule has 1 aromatic carbocycles. The van der Waals surface area contributed by atoms with Crippen LogP contribution in [0.2, 0.25) is 0 Å². The van der Waals surface area contributed by atoms with E-state index in [1.165, 1.54) is 36.7 Å². The van der Waals surface area contributed by atoms with Crippen LogP contribution in [0.15, 0.2) is 23.0 Å². The number of aromatic hydroxyl groups is 1. The molecule has 2 N–H and O–H groups in total. The summed E-state index contributed by atoms with van der Waals surface area (Å²) < 4.78 is 14.7. The first kappa shape index (κ1) is 25.0. The number of rotatable bonds is 5. The molecule has 0 radical (unpaired) electrons. The fourth-order valence-corrected chi connectivity index (χ4v) is 3.78. The number of carbonyl (C=O) groups excluding carboxylic acids is 3. The predicted molar refractivity (Wildman–Crippen MR) is 121 cm³/mol. The minimum absolute atomic E-state index is 0.0642. The summed E-state index contributed by atoms with van der Waals surface area (Å²) in [5.41, 5.74) is -0.00132. The maximum Gasteiger partial charge on any atom is 0.312 e. The van der Waals surface area contributed by atoms with E-state index >= 15 is 0 Å². The molecule has 1 unspecified atom stereocenters. The molecule has 0 saturated carbocycles. The van der Waals surface area contributed by atoms with Gasteiger partial charge in [-0.05, 0) is 30.5 Å². The van der Waals surface area contributed by atoms with Crippen molar-refractivity contribution in [1.29, 1.82) is 0 Å². The van der Waals surface area contributed by atoms with Gasteiger partial charge in [-0.3, -0.25) is 23.7 Å². The van der Waals surface area contributed by atoms with Crippen LogP contribution in [-0.2, 0) is 22.6 Å². The number of nitrogens with one attached hydrogen (secondary N) is 1. The predicted octanol–water partition coefficient (Wildman–Crippen LogP) is 0.403. The van der Waals surface area contributed by atoms with Gasteiger partial charge < -0.3 is 20.2 Å². The topological polar surface area (TPSA) is 125 Å². The average molecular weight is 474 g/mol. The van der Waals surface area contributed by atoms with Gasteiger partial charge in [0.2, 0.25) is 5.75 Å². The lowest BCUT2D eigenvalue weighted by molar-refractivity contribution is -0.150. The van der Waals surface area contributed by atoms with Crippen LogP contribution < -0.4 is 10.9 Å². The van der Waals surface area contributed by atoms with Gasteiger partial charge in [0.1, 0.15) is 17.7 Å². The number of fused-ring (bicyclic) bond motifs is 1. The van der Waals surface area contributed by atoms with E-state index in [4.69, 9.17) is 0 Å². The Bertz CT molecular complexity index is 1190. The normalized spacial score (nSPS) is 15.3. The lowest BCUT2D eigenvalue weighted by Crippen LogP contribution is -2.45. The molecular weight excluding hydrogens is 445 g/mol. The third-order valence-electron chi connectivity index (χ3n) is 5.83. The van der Waals surface area contributed by atoms with Gasteiger partial charge in [-0.25, -0.2) is 9.37 Å². The number of ketones is 1. The van der Waals surface area contributed by atoms with Crippen molar-refractivity contribution in [3.8, 4) is 5.75 Å². The molecule has 2 amide bonds. The number of hydrogen-bond donors (Lipinski definition) is 2. The molecule has 0 aliphatic carbocycles. The van der Waals surface area contributed by atoms with Crippen molar-refractivity contribution in [2.24, 2.45) is 0 Å². The van der Waals surface area contributed by atoms with E-state index < -0.39 is 34.9 Å². The number of aryl methyl sites for hydroxylation is 2. The first-order valence-electron chi connectivity index (χ1n) is 10.8. The molecule has 1 aromatic heterocycles. The molecule has 3 rings (SSSR count). The quantitative estimate of drug-likeness (QED) is 0.476. The van der Waals surface area contributed by atoms with Crippen molar-refractivity contribution in [1.82, 2.24) is 24.7 Å². The van der Waals surface area contributed by atoms with Crippen molar-refractivity contribution in [3.63, 3.8) is 0 Å². The molecular formula is C23H28FN5O5. The van der Waals surface area contributed by atoms with Gasteiger partial charge in [-0.2, -0.15) is 0 Å². The van der Waals surface area contributed by atoms with Crippen LogP contribution in [-0.4, -0.2) is 76.3 Å². The van der Waals surface area contributed by atoms with Crippen LogP contribution in [0.25, 0.3) is 0 Å². The van der Waals surface area contributed by atoms with Gasteiger partial charge in [0, 0.05) is 47.2 Å². The number of amides is 2. The second kappa shape index (κ2) is 10.1. The van der Waals surface area contributed by atoms with Gasteiger partial charge in [-0.15, -0.1) is 0 Å². The van der Waals surface area contributed by atoms with Crippen LogP contribution in [0.4, 0.5) is 4.39 Å². The van der Waals surface area contributed by atoms with Gasteiger partial charge in [0.25, 0.3) is 5.56 Å². The third-order valence-corrected chi connectivity index (χ3v) is 5.83. The van der Waals surface area contributed by atoms with E-state index in [9.17, 15) is 28.7 Å². The zero-order chi connectivity index (χ0) is 25.2. The molecule has 10 nitrogen and oxygen atoms in total. The first-order chi connectivity index (χ1) is 16.0. The summed E-state index contributed by atoms with van der Waals surface area (Å²) in [6.45, 7) is 2.35. The van der Waals surface area contributed by atoms with Crippen LogP contribution >= 0.6 is 0 Å². The van der Waals surface area contributed by atoms with Crippen molar-refractivity contribution in [3.05, 3.63) is 57.0 Å². The summed E-state index contributed by atoms with van der Waals surface area (Å²) in [4.78, 5) is 57.3. The van der Waals surface area contributed by atoms with Crippen molar-refractivity contribution < 1.29 is 23.9 Å². The molecule has 2 heterocycles. The Morgan fingerprint density at radius 1 is 1.24 bits per heavy atom. The number of hydrogen-bond acceptors (Lipinski definition) is 7. The molecule has 1 aliphatic rings. The standard InChI is InChI=1S/C23H28FN5O5/c1-13-11-14(5-7-15(13)24)6-8-17(30)18-19(31)21(32)29-10-9-25-12-16(20(29)26-18)28(4)23(34)22(33)27(2)3/h5,7,11,16,25,31H,6,8-10,12H2,1-4H3. The minimum atomic E-state index is -0.821. The fourth-order valence-electron chi connectivity index (χ4n) is 3.78. The highest BCUT2D eigenvalue weighted by Crippen LogP contribution is 2.23. The van der Waals surface area contributed by atoms with E-state index in [0.717, 1.165) is 10.5 Å². The highest BCUT2D eigenvalue weighted by molar-refractivity contribution is 6.34. The second-order valence-corrected chi connectivity index (χ2v) is 8.47. The van der Waals surface area contributed by atoms with Gasteiger partial charge in [0.05, 0.1) is 0 Å². The number of likely N-dealkylation sites (N-methyl/N-ethyl adjacent to an activating group) is 2. The Balaban J connectivity index is 1.95. The number of nitrogens with zero attached hydrogens (tertiary/aromatic N) is 4. The van der Waals surface area contributed by atoms with Crippen LogP contribution in [0.1, 0.15) is 39.9 Å². The van der Waals surface area contributed by atoms with E-state index in [1.807, 2.05) is 0 Å². The second-order valence-electron chi connectivity index (χ2n) is 8.47. The number of Topliss-reactive ketones (excluding diaryl/α,β-unsaturated/α-hetero) is 1. The zero-order valence-corrected chi connectivity index (χ0v) is 19.6. The Morgan fingerprint density at radius 2 is 1.94 bits per heavy atom. The summed E-state index contributed by atoms with van der Waals surface area (Å²) in [6.07, 6.45) is 0.200. The molecule has 1 aliphatic heterocycles. The molecule has 34 heavy (non-hydrogen) atoms.